The van der Waals surface area contributed by atoms with Gasteiger partial charge < -0.3 is 5.32 Å². The molecule has 1 nitrogen and oxygen atoms in total. The maximum atomic E-state index is 3.87. The van der Waals surface area contributed by atoms with E-state index in [-0.39, 0.29) is 0 Å². The lowest BCUT2D eigenvalue weighted by atomic mass is 9.93. The fourth-order valence-corrected chi connectivity index (χ4v) is 2.39. The first-order chi connectivity index (χ1) is 7.40. The van der Waals surface area contributed by atoms with Crippen LogP contribution in [0.3, 0.4) is 0 Å². The van der Waals surface area contributed by atoms with Crippen molar-refractivity contribution >= 4 is 16.8 Å². The van der Waals surface area contributed by atoms with E-state index in [1.54, 1.807) is 0 Å². The first-order valence-corrected chi connectivity index (χ1v) is 5.27. The van der Waals surface area contributed by atoms with Gasteiger partial charge in [0, 0.05) is 13.1 Å². The zero-order chi connectivity index (χ0) is 10.3. The average molecular weight is 195 g/mol. The van der Waals surface area contributed by atoms with Gasteiger partial charge in [0.15, 0.2) is 0 Å². The van der Waals surface area contributed by atoms with Crippen molar-refractivity contribution in [3.63, 3.8) is 0 Å². The van der Waals surface area contributed by atoms with Crippen LogP contribution in [0, 0.1) is 0 Å². The molecule has 0 amide bonds. The molecule has 0 aromatic heterocycles. The minimum absolute atomic E-state index is 0.977. The number of benzene rings is 2. The Hall–Kier alpha value is -1.60. The van der Waals surface area contributed by atoms with E-state index in [9.17, 15) is 0 Å². The molecule has 0 atom stereocenters. The van der Waals surface area contributed by atoms with Crippen LogP contribution in [0.1, 0.15) is 16.7 Å². The minimum Gasteiger partial charge on any atom is -0.309 e. The molecule has 1 heterocycles. The molecule has 0 bridgehead atoms. The molecule has 1 heteroatoms. The molecule has 0 fully saturated rings. The van der Waals surface area contributed by atoms with Crippen LogP contribution in [0.25, 0.3) is 16.8 Å². The summed E-state index contributed by atoms with van der Waals surface area (Å²) < 4.78 is 0. The molecule has 0 radical (unpaired) electrons. The van der Waals surface area contributed by atoms with Gasteiger partial charge in [-0.15, -0.1) is 0 Å². The van der Waals surface area contributed by atoms with Gasteiger partial charge in [0.05, 0.1) is 0 Å². The smallest absolute Gasteiger partial charge is 0.0214 e. The topological polar surface area (TPSA) is 12.0 Å². The van der Waals surface area contributed by atoms with E-state index in [1.165, 1.54) is 27.5 Å². The highest BCUT2D eigenvalue weighted by Crippen LogP contribution is 2.29. The predicted octanol–water partition coefficient (Wildman–Crippen LogP) is 3.09. The van der Waals surface area contributed by atoms with Gasteiger partial charge in [0.2, 0.25) is 0 Å². The number of hydrogen-bond acceptors (Lipinski definition) is 1. The fraction of sp³-hybridized carbons (Fsp3) is 0.143. The zero-order valence-corrected chi connectivity index (χ0v) is 8.59. The van der Waals surface area contributed by atoms with Crippen LogP contribution in [0.5, 0.6) is 0 Å². The molecular weight excluding hydrogens is 182 g/mol. The summed E-state index contributed by atoms with van der Waals surface area (Å²) in [6.07, 6.45) is 1.94. The molecule has 15 heavy (non-hydrogen) atoms. The number of nitrogens with one attached hydrogen (secondary N) is 1. The molecule has 0 saturated heterocycles. The second kappa shape index (κ2) is 3.21. The SMILES string of the molecule is C=Cc1ccc2c3c(cccc13)CNC2. The average Bonchev–Trinajstić information content (AvgIpc) is 2.30. The molecular formula is C14H13N. The third kappa shape index (κ3) is 1.20. The van der Waals surface area contributed by atoms with E-state index >= 15 is 0 Å². The van der Waals surface area contributed by atoms with Crippen molar-refractivity contribution in [2.24, 2.45) is 0 Å². The van der Waals surface area contributed by atoms with E-state index < -0.39 is 0 Å². The van der Waals surface area contributed by atoms with Crippen molar-refractivity contribution in [3.05, 3.63) is 53.6 Å². The van der Waals surface area contributed by atoms with Gasteiger partial charge >= 0.3 is 0 Å². The Kier molecular flexibility index (Phi) is 1.86. The summed E-state index contributed by atoms with van der Waals surface area (Å²) in [4.78, 5) is 0. The van der Waals surface area contributed by atoms with Crippen molar-refractivity contribution in [2.45, 2.75) is 13.1 Å². The van der Waals surface area contributed by atoms with Crippen LogP contribution in [0.4, 0.5) is 0 Å². The Labute approximate surface area is 89.4 Å². The van der Waals surface area contributed by atoms with Crippen LogP contribution in [-0.2, 0) is 13.1 Å². The van der Waals surface area contributed by atoms with Crippen LogP contribution < -0.4 is 5.32 Å². The van der Waals surface area contributed by atoms with E-state index in [0.717, 1.165) is 13.1 Å². The Morgan fingerprint density at radius 2 is 1.87 bits per heavy atom. The summed E-state index contributed by atoms with van der Waals surface area (Å²) in [5.41, 5.74) is 4.03. The van der Waals surface area contributed by atoms with Gasteiger partial charge in [-0.3, -0.25) is 0 Å². The van der Waals surface area contributed by atoms with Crippen molar-refractivity contribution in [3.8, 4) is 0 Å². The Morgan fingerprint density at radius 3 is 2.67 bits per heavy atom. The van der Waals surface area contributed by atoms with E-state index in [0.29, 0.717) is 0 Å². The Morgan fingerprint density at radius 1 is 1.07 bits per heavy atom. The highest BCUT2D eigenvalue weighted by Gasteiger charge is 2.12. The molecule has 2 aromatic rings. The minimum atomic E-state index is 0.977. The third-order valence-electron chi connectivity index (χ3n) is 3.10. The molecule has 0 aliphatic carbocycles. The Balaban J connectivity index is 2.48. The van der Waals surface area contributed by atoms with Gasteiger partial charge in [-0.05, 0) is 27.5 Å². The molecule has 1 aliphatic rings. The van der Waals surface area contributed by atoms with Gasteiger partial charge in [-0.25, -0.2) is 0 Å². The van der Waals surface area contributed by atoms with E-state index in [1.807, 2.05) is 6.08 Å². The highest BCUT2D eigenvalue weighted by molar-refractivity contribution is 5.95. The predicted molar refractivity (Wildman–Crippen MR) is 64.6 cm³/mol. The lowest BCUT2D eigenvalue weighted by Gasteiger charge is -2.19. The van der Waals surface area contributed by atoms with Crippen molar-refractivity contribution in [2.75, 3.05) is 0 Å². The van der Waals surface area contributed by atoms with Crippen molar-refractivity contribution in [1.82, 2.24) is 5.32 Å². The first-order valence-electron chi connectivity index (χ1n) is 5.27. The number of hydrogen-bond donors (Lipinski definition) is 1. The molecule has 0 saturated carbocycles. The van der Waals surface area contributed by atoms with Gasteiger partial charge in [-0.2, -0.15) is 0 Å². The summed E-state index contributed by atoms with van der Waals surface area (Å²) in [5, 5.41) is 6.17. The maximum absolute atomic E-state index is 3.87. The zero-order valence-electron chi connectivity index (χ0n) is 8.59. The number of rotatable bonds is 1. The fourth-order valence-electron chi connectivity index (χ4n) is 2.39. The van der Waals surface area contributed by atoms with Crippen LogP contribution in [0.2, 0.25) is 0 Å². The second-order valence-electron chi connectivity index (χ2n) is 3.96. The Bertz CT molecular complexity index is 530. The van der Waals surface area contributed by atoms with Gasteiger partial charge in [0.1, 0.15) is 0 Å². The molecule has 74 valence electrons. The van der Waals surface area contributed by atoms with E-state index in [2.05, 4.69) is 42.2 Å². The summed E-state index contributed by atoms with van der Waals surface area (Å²) in [5.74, 6) is 0. The lowest BCUT2D eigenvalue weighted by Crippen LogP contribution is -2.18. The van der Waals surface area contributed by atoms with Crippen molar-refractivity contribution in [1.29, 1.82) is 0 Å². The summed E-state index contributed by atoms with van der Waals surface area (Å²) in [6, 6.07) is 10.9. The largest absolute Gasteiger partial charge is 0.309 e. The molecule has 0 unspecified atom stereocenters. The molecule has 1 aliphatic heterocycles. The molecule has 0 spiro atoms. The molecule has 2 aromatic carbocycles. The lowest BCUT2D eigenvalue weighted by molar-refractivity contribution is 0.683. The monoisotopic (exact) mass is 195 g/mol. The summed E-state index contributed by atoms with van der Waals surface area (Å²) in [6.45, 7) is 5.82. The van der Waals surface area contributed by atoms with E-state index in [4.69, 9.17) is 0 Å². The summed E-state index contributed by atoms with van der Waals surface area (Å²) in [7, 11) is 0. The van der Waals surface area contributed by atoms with Crippen LogP contribution >= 0.6 is 0 Å². The summed E-state index contributed by atoms with van der Waals surface area (Å²) >= 11 is 0. The normalized spacial score (nSPS) is 14.1. The molecule has 3 rings (SSSR count). The standard InChI is InChI=1S/C14H13N/c1-2-10-6-7-12-9-15-8-11-4-3-5-13(10)14(11)12/h2-7,15H,1,8-9H2. The first kappa shape index (κ1) is 8.69. The van der Waals surface area contributed by atoms with Crippen molar-refractivity contribution < 1.29 is 0 Å². The highest BCUT2D eigenvalue weighted by atomic mass is 14.9. The quantitative estimate of drug-likeness (QED) is 0.737. The van der Waals surface area contributed by atoms with Crippen LogP contribution in [-0.4, -0.2) is 0 Å². The third-order valence-corrected chi connectivity index (χ3v) is 3.10. The van der Waals surface area contributed by atoms with Gasteiger partial charge in [-0.1, -0.05) is 43.0 Å². The van der Waals surface area contributed by atoms with Gasteiger partial charge in [0.25, 0.3) is 0 Å². The maximum Gasteiger partial charge on any atom is 0.0214 e. The molecule has 1 N–H and O–H groups in total. The van der Waals surface area contributed by atoms with Crippen LogP contribution in [0.15, 0.2) is 36.9 Å². The second-order valence-corrected chi connectivity index (χ2v) is 3.96.